The molecule has 5 rings (SSSR count). The lowest BCUT2D eigenvalue weighted by molar-refractivity contribution is 0.471. The van der Waals surface area contributed by atoms with Gasteiger partial charge in [0.2, 0.25) is 0 Å². The van der Waals surface area contributed by atoms with Crippen LogP contribution < -0.4 is 32.1 Å². The maximum Gasteiger partial charge on any atom is 0.253 e. The molecule has 0 unspecified atom stereocenters. The molecule has 1 aliphatic carbocycles. The summed E-state index contributed by atoms with van der Waals surface area (Å²) in [6, 6.07) is 31.1. The van der Waals surface area contributed by atoms with Gasteiger partial charge in [-0.2, -0.15) is 0 Å². The molecule has 0 saturated heterocycles. The number of hydrogen-bond donors (Lipinski definition) is 2. The van der Waals surface area contributed by atoms with E-state index >= 15 is 0 Å². The maximum atomic E-state index is 12.5. The highest BCUT2D eigenvalue weighted by Gasteiger charge is 2.35. The van der Waals surface area contributed by atoms with Gasteiger partial charge in [0.1, 0.15) is 11.4 Å². The minimum atomic E-state index is -0.609. The Balaban J connectivity index is 1.47. The summed E-state index contributed by atoms with van der Waals surface area (Å²) in [4.78, 5) is 24.9. The van der Waals surface area contributed by atoms with Crippen LogP contribution in [0, 0.1) is 0 Å². The number of nitrogens with one attached hydrogen (secondary N) is 2. The van der Waals surface area contributed by atoms with Crippen LogP contribution in [0.5, 0.6) is 0 Å². The number of hydrogen-bond acceptors (Lipinski definition) is 4. The smallest absolute Gasteiger partial charge is 0.253 e. The molecule has 1 aliphatic rings. The van der Waals surface area contributed by atoms with Crippen molar-refractivity contribution in [2.24, 2.45) is 0 Å². The second-order valence-electron chi connectivity index (χ2n) is 8.54. The van der Waals surface area contributed by atoms with Crippen LogP contribution in [0.25, 0.3) is 0 Å². The first-order valence-electron chi connectivity index (χ1n) is 11.5. The van der Waals surface area contributed by atoms with Crippen molar-refractivity contribution in [3.63, 3.8) is 0 Å². The maximum absolute atomic E-state index is 12.5. The third-order valence-electron chi connectivity index (χ3n) is 6.41. The molecule has 0 aliphatic heterocycles. The molecule has 0 amide bonds. The molecule has 5 heteroatoms. The summed E-state index contributed by atoms with van der Waals surface area (Å²) in [6.45, 7) is 0. The summed E-state index contributed by atoms with van der Waals surface area (Å²) in [5, 5.41) is 9.40. The predicted molar refractivity (Wildman–Crippen MR) is 140 cm³/mol. The van der Waals surface area contributed by atoms with E-state index in [9.17, 15) is 9.59 Å². The highest BCUT2D eigenvalue weighted by molar-refractivity contribution is 7.73. The van der Waals surface area contributed by atoms with E-state index in [0.29, 0.717) is 17.0 Å². The minimum absolute atomic E-state index is 0.143. The summed E-state index contributed by atoms with van der Waals surface area (Å²) in [5.74, 6) is 0. The Labute approximate surface area is 195 Å². The molecule has 2 N–H and O–H groups in total. The van der Waals surface area contributed by atoms with Crippen molar-refractivity contribution in [2.75, 3.05) is 10.6 Å². The third-order valence-corrected chi connectivity index (χ3v) is 9.40. The lowest BCUT2D eigenvalue weighted by Gasteiger charge is -2.39. The Morgan fingerprint density at radius 2 is 1.15 bits per heavy atom. The fourth-order valence-electron chi connectivity index (χ4n) is 4.80. The van der Waals surface area contributed by atoms with Gasteiger partial charge >= 0.3 is 0 Å². The van der Waals surface area contributed by atoms with Gasteiger partial charge in [-0.25, -0.2) is 0 Å². The molecular weight excluding hydrogens is 427 g/mol. The average Bonchev–Trinajstić information content (AvgIpc) is 2.89. The second-order valence-corrected chi connectivity index (χ2v) is 11.0. The molecule has 4 aromatic carbocycles. The van der Waals surface area contributed by atoms with Gasteiger partial charge in [-0.15, -0.1) is 0 Å². The quantitative estimate of drug-likeness (QED) is 0.309. The molecule has 166 valence electrons. The van der Waals surface area contributed by atoms with E-state index in [2.05, 4.69) is 71.3 Å². The molecule has 1 saturated carbocycles. The zero-order valence-electron chi connectivity index (χ0n) is 18.4. The van der Waals surface area contributed by atoms with E-state index < -0.39 is 18.8 Å². The summed E-state index contributed by atoms with van der Waals surface area (Å²) < 4.78 is 0. The van der Waals surface area contributed by atoms with Gasteiger partial charge in [0.15, 0.2) is 0 Å². The van der Waals surface area contributed by atoms with Gasteiger partial charge < -0.3 is 10.6 Å². The second kappa shape index (κ2) is 9.72. The van der Waals surface area contributed by atoms with Crippen LogP contribution in [0.15, 0.2) is 101 Å². The van der Waals surface area contributed by atoms with Crippen LogP contribution >= 0.6 is 7.92 Å². The predicted octanol–water partition coefficient (Wildman–Crippen LogP) is 4.88. The van der Waals surface area contributed by atoms with Gasteiger partial charge in [-0.1, -0.05) is 91.7 Å². The molecule has 0 radical (unpaired) electrons. The SMILES string of the molecule is O=c1c(Nc2ccccc2)c(N[C@@H]2CCCC[C@H]2P(c2ccccc2)c2ccccc2)c1=O. The molecule has 33 heavy (non-hydrogen) atoms. The molecule has 4 nitrogen and oxygen atoms in total. The van der Waals surface area contributed by atoms with Crippen LogP contribution in [0.1, 0.15) is 25.7 Å². The van der Waals surface area contributed by atoms with E-state index in [4.69, 9.17) is 0 Å². The Hall–Kier alpha value is -3.23. The Kier molecular flexibility index (Phi) is 6.37. The number of rotatable bonds is 7. The van der Waals surface area contributed by atoms with Crippen molar-refractivity contribution in [3.8, 4) is 0 Å². The number of anilines is 3. The normalized spacial score (nSPS) is 18.3. The lowest BCUT2D eigenvalue weighted by atomic mass is 9.94. The fourth-order valence-corrected chi connectivity index (χ4v) is 7.87. The first-order chi connectivity index (χ1) is 16.2. The van der Waals surface area contributed by atoms with E-state index in [1.54, 1.807) is 0 Å². The van der Waals surface area contributed by atoms with Gasteiger partial charge in [-0.3, -0.25) is 9.59 Å². The topological polar surface area (TPSA) is 58.2 Å². The highest BCUT2D eigenvalue weighted by atomic mass is 31.1. The minimum Gasteiger partial charge on any atom is -0.377 e. The lowest BCUT2D eigenvalue weighted by Crippen LogP contribution is -2.44. The van der Waals surface area contributed by atoms with Gasteiger partial charge in [0, 0.05) is 17.4 Å². The third kappa shape index (κ3) is 4.49. The summed E-state index contributed by atoms with van der Waals surface area (Å²) in [7, 11) is -0.609. The molecule has 2 atom stereocenters. The largest absolute Gasteiger partial charge is 0.377 e. The highest BCUT2D eigenvalue weighted by Crippen LogP contribution is 2.47. The van der Waals surface area contributed by atoms with Crippen molar-refractivity contribution in [3.05, 3.63) is 111 Å². The van der Waals surface area contributed by atoms with Crippen LogP contribution in [0.2, 0.25) is 0 Å². The number of benzene rings is 3. The van der Waals surface area contributed by atoms with Crippen LogP contribution in [0.4, 0.5) is 17.1 Å². The van der Waals surface area contributed by atoms with E-state index in [-0.39, 0.29) is 6.04 Å². The first kappa shape index (κ1) is 21.6. The summed E-state index contributed by atoms with van der Waals surface area (Å²) >= 11 is 0. The Bertz CT molecular complexity index is 1230. The van der Waals surface area contributed by atoms with Crippen molar-refractivity contribution >= 4 is 35.6 Å². The molecule has 1 fully saturated rings. The molecule has 0 spiro atoms. The zero-order valence-corrected chi connectivity index (χ0v) is 19.3. The molecule has 0 heterocycles. The van der Waals surface area contributed by atoms with Gasteiger partial charge in [0.05, 0.1) is 0 Å². The van der Waals surface area contributed by atoms with Crippen molar-refractivity contribution in [1.29, 1.82) is 0 Å². The molecule has 0 aromatic heterocycles. The van der Waals surface area contributed by atoms with Gasteiger partial charge in [-0.05, 0) is 43.5 Å². The average molecular weight is 455 g/mol. The van der Waals surface area contributed by atoms with E-state index in [1.165, 1.54) is 17.0 Å². The van der Waals surface area contributed by atoms with Crippen molar-refractivity contribution in [1.82, 2.24) is 0 Å². The van der Waals surface area contributed by atoms with E-state index in [1.807, 2.05) is 30.3 Å². The Morgan fingerprint density at radius 1 is 0.636 bits per heavy atom. The number of para-hydroxylation sites is 1. The molecule has 0 bridgehead atoms. The van der Waals surface area contributed by atoms with Crippen molar-refractivity contribution < 1.29 is 0 Å². The van der Waals surface area contributed by atoms with E-state index in [0.717, 1.165) is 24.9 Å². The van der Waals surface area contributed by atoms with Crippen molar-refractivity contribution in [2.45, 2.75) is 37.4 Å². The first-order valence-corrected chi connectivity index (χ1v) is 12.9. The summed E-state index contributed by atoms with van der Waals surface area (Å²) in [6.07, 6.45) is 4.40. The van der Waals surface area contributed by atoms with Crippen LogP contribution in [-0.4, -0.2) is 11.7 Å². The van der Waals surface area contributed by atoms with Gasteiger partial charge in [0.25, 0.3) is 10.9 Å². The zero-order chi connectivity index (χ0) is 22.6. The fraction of sp³-hybridized carbons (Fsp3) is 0.214. The molecule has 4 aromatic rings. The monoisotopic (exact) mass is 454 g/mol. The Morgan fingerprint density at radius 3 is 1.76 bits per heavy atom. The standard InChI is InChI=1S/C28H27N2O2P/c31-27-25(29-20-12-4-1-5-13-20)26(28(27)32)30-23-18-10-11-19-24(23)33(21-14-6-2-7-15-21)22-16-8-3-9-17-22/h1-9,12-17,23-24,29-30H,10-11,18-19H2/t23-,24-/m1/s1. The molecular formula is C28H27N2O2P. The van der Waals surface area contributed by atoms with Crippen LogP contribution in [0.3, 0.4) is 0 Å². The van der Waals surface area contributed by atoms with Crippen LogP contribution in [-0.2, 0) is 0 Å². The summed E-state index contributed by atoms with van der Waals surface area (Å²) in [5.41, 5.74) is 1.16.